The number of amides is 1. The van der Waals surface area contributed by atoms with E-state index in [-0.39, 0.29) is 11.9 Å². The van der Waals surface area contributed by atoms with Crippen molar-refractivity contribution in [2.24, 2.45) is 0 Å². The van der Waals surface area contributed by atoms with Gasteiger partial charge in [0, 0.05) is 13.2 Å². The quantitative estimate of drug-likeness (QED) is 0.639. The first-order valence-electron chi connectivity index (χ1n) is 4.19. The van der Waals surface area contributed by atoms with Gasteiger partial charge in [-0.05, 0) is 19.1 Å². The summed E-state index contributed by atoms with van der Waals surface area (Å²) in [4.78, 5) is 17.2. The van der Waals surface area contributed by atoms with Gasteiger partial charge in [-0.1, -0.05) is 0 Å². The predicted molar refractivity (Wildman–Crippen MR) is 50.7 cm³/mol. The van der Waals surface area contributed by atoms with E-state index in [1.807, 2.05) is 19.1 Å². The van der Waals surface area contributed by atoms with Crippen LogP contribution in [0.25, 0.3) is 0 Å². The topological polar surface area (TPSA) is 45.2 Å². The molecule has 2 heterocycles. The summed E-state index contributed by atoms with van der Waals surface area (Å²) in [6.45, 7) is 1.84. The molecule has 0 radical (unpaired) electrons. The number of anilines is 2. The summed E-state index contributed by atoms with van der Waals surface area (Å²) in [6, 6.07) is 3.60. The molecule has 1 aromatic heterocycles. The molecule has 0 unspecified atom stereocenters. The number of aromatic nitrogens is 1. The van der Waals surface area contributed by atoms with Gasteiger partial charge < -0.3 is 5.32 Å². The van der Waals surface area contributed by atoms with Crippen molar-refractivity contribution < 1.29 is 4.79 Å². The molecule has 2 rings (SSSR count). The molecule has 0 aromatic carbocycles. The Hall–Kier alpha value is -1.58. The van der Waals surface area contributed by atoms with E-state index in [4.69, 9.17) is 0 Å². The zero-order valence-electron chi connectivity index (χ0n) is 7.61. The van der Waals surface area contributed by atoms with Crippen molar-refractivity contribution in [1.29, 1.82) is 0 Å². The van der Waals surface area contributed by atoms with Crippen LogP contribution in [0.2, 0.25) is 0 Å². The maximum atomic E-state index is 11.5. The average molecular weight is 177 g/mol. The van der Waals surface area contributed by atoms with Gasteiger partial charge in [-0.15, -0.1) is 0 Å². The fourth-order valence-corrected chi connectivity index (χ4v) is 1.47. The Kier molecular flexibility index (Phi) is 1.69. The van der Waals surface area contributed by atoms with Crippen LogP contribution in [-0.2, 0) is 4.79 Å². The third-order valence-electron chi connectivity index (χ3n) is 2.18. The van der Waals surface area contributed by atoms with Crippen LogP contribution in [0.15, 0.2) is 18.3 Å². The van der Waals surface area contributed by atoms with E-state index in [9.17, 15) is 4.79 Å². The van der Waals surface area contributed by atoms with Crippen molar-refractivity contribution in [2.45, 2.75) is 13.0 Å². The van der Waals surface area contributed by atoms with Crippen LogP contribution in [0.1, 0.15) is 6.92 Å². The molecule has 0 spiro atoms. The van der Waals surface area contributed by atoms with Gasteiger partial charge in [0.05, 0.1) is 5.69 Å². The molecule has 0 bridgehead atoms. The number of carbonyl (C=O) groups excluding carboxylic acids is 1. The lowest BCUT2D eigenvalue weighted by molar-refractivity contribution is -0.118. The number of nitrogens with zero attached hydrogens (tertiary/aromatic N) is 2. The number of hydrogen-bond acceptors (Lipinski definition) is 3. The van der Waals surface area contributed by atoms with Gasteiger partial charge in [0.15, 0.2) is 5.82 Å². The highest BCUT2D eigenvalue weighted by Crippen LogP contribution is 2.26. The molecule has 0 saturated heterocycles. The summed E-state index contributed by atoms with van der Waals surface area (Å²) >= 11 is 0. The van der Waals surface area contributed by atoms with Gasteiger partial charge >= 0.3 is 0 Å². The minimum absolute atomic E-state index is 0.0474. The SMILES string of the molecule is C[C@H]1Nc2cccnc2N(C)C1=O. The van der Waals surface area contributed by atoms with Crippen LogP contribution >= 0.6 is 0 Å². The Morgan fingerprint density at radius 3 is 3.15 bits per heavy atom. The second-order valence-corrected chi connectivity index (χ2v) is 3.14. The highest BCUT2D eigenvalue weighted by molar-refractivity contribution is 6.02. The Bertz CT molecular complexity index is 350. The summed E-state index contributed by atoms with van der Waals surface area (Å²) in [6.07, 6.45) is 1.68. The summed E-state index contributed by atoms with van der Waals surface area (Å²) in [5, 5.41) is 3.09. The minimum Gasteiger partial charge on any atom is -0.371 e. The summed E-state index contributed by atoms with van der Waals surface area (Å²) in [7, 11) is 1.74. The molecule has 0 fully saturated rings. The molecule has 1 aromatic rings. The number of likely N-dealkylation sites (N-methyl/N-ethyl adjacent to an activating group) is 1. The Morgan fingerprint density at radius 2 is 2.38 bits per heavy atom. The first-order chi connectivity index (χ1) is 6.20. The van der Waals surface area contributed by atoms with E-state index < -0.39 is 0 Å². The van der Waals surface area contributed by atoms with Gasteiger partial charge in [-0.3, -0.25) is 9.69 Å². The van der Waals surface area contributed by atoms with E-state index >= 15 is 0 Å². The highest BCUT2D eigenvalue weighted by atomic mass is 16.2. The van der Waals surface area contributed by atoms with Gasteiger partial charge in [-0.2, -0.15) is 0 Å². The smallest absolute Gasteiger partial charge is 0.250 e. The lowest BCUT2D eigenvalue weighted by Gasteiger charge is -2.29. The summed E-state index contributed by atoms with van der Waals surface area (Å²) in [5.41, 5.74) is 0.914. The first-order valence-corrected chi connectivity index (χ1v) is 4.19. The Morgan fingerprint density at radius 1 is 1.62 bits per heavy atom. The third-order valence-corrected chi connectivity index (χ3v) is 2.18. The van der Waals surface area contributed by atoms with Crippen LogP contribution in [-0.4, -0.2) is 24.0 Å². The van der Waals surface area contributed by atoms with Crippen LogP contribution in [0.4, 0.5) is 11.5 Å². The van der Waals surface area contributed by atoms with Crippen molar-refractivity contribution >= 4 is 17.4 Å². The fraction of sp³-hybridized carbons (Fsp3) is 0.333. The van der Waals surface area contributed by atoms with Gasteiger partial charge in [0.1, 0.15) is 6.04 Å². The second-order valence-electron chi connectivity index (χ2n) is 3.14. The van der Waals surface area contributed by atoms with Crippen LogP contribution in [0.5, 0.6) is 0 Å². The van der Waals surface area contributed by atoms with Crippen molar-refractivity contribution in [2.75, 3.05) is 17.3 Å². The van der Waals surface area contributed by atoms with E-state index in [0.717, 1.165) is 5.69 Å². The van der Waals surface area contributed by atoms with Gasteiger partial charge in [-0.25, -0.2) is 4.98 Å². The van der Waals surface area contributed by atoms with E-state index in [0.29, 0.717) is 5.82 Å². The molecule has 0 aliphatic carbocycles. The monoisotopic (exact) mass is 177 g/mol. The molecule has 1 amide bonds. The predicted octanol–water partition coefficient (Wildman–Crippen LogP) is 0.858. The lowest BCUT2D eigenvalue weighted by atomic mass is 10.2. The van der Waals surface area contributed by atoms with Crippen molar-refractivity contribution in [3.8, 4) is 0 Å². The van der Waals surface area contributed by atoms with E-state index in [1.165, 1.54) is 0 Å². The second kappa shape index (κ2) is 2.73. The molecule has 1 aliphatic heterocycles. The molecular weight excluding hydrogens is 166 g/mol. The summed E-state index contributed by atoms with van der Waals surface area (Å²) in [5.74, 6) is 0.747. The van der Waals surface area contributed by atoms with E-state index in [1.54, 1.807) is 18.1 Å². The molecule has 13 heavy (non-hydrogen) atoms. The summed E-state index contributed by atoms with van der Waals surface area (Å²) < 4.78 is 0. The highest BCUT2D eigenvalue weighted by Gasteiger charge is 2.27. The number of pyridine rings is 1. The fourth-order valence-electron chi connectivity index (χ4n) is 1.47. The molecule has 4 heteroatoms. The molecular formula is C9H11N3O. The largest absolute Gasteiger partial charge is 0.371 e. The third kappa shape index (κ3) is 1.14. The minimum atomic E-state index is -0.165. The molecule has 1 aliphatic rings. The standard InChI is InChI=1S/C9H11N3O/c1-6-9(13)12(2)8-7(11-6)4-3-5-10-8/h3-6,11H,1-2H3/t6-/m1/s1. The molecule has 0 saturated carbocycles. The Balaban J connectivity index is 2.49. The molecule has 68 valence electrons. The number of nitrogens with one attached hydrogen (secondary N) is 1. The number of carbonyl (C=O) groups is 1. The van der Waals surface area contributed by atoms with Gasteiger partial charge in [0.2, 0.25) is 5.91 Å². The first kappa shape index (κ1) is 8.04. The zero-order chi connectivity index (χ0) is 9.42. The van der Waals surface area contributed by atoms with Crippen molar-refractivity contribution in [3.63, 3.8) is 0 Å². The van der Waals surface area contributed by atoms with Crippen LogP contribution < -0.4 is 10.2 Å². The van der Waals surface area contributed by atoms with Gasteiger partial charge in [0.25, 0.3) is 0 Å². The van der Waals surface area contributed by atoms with Crippen LogP contribution in [0, 0.1) is 0 Å². The molecule has 1 N–H and O–H groups in total. The number of hydrogen-bond donors (Lipinski definition) is 1. The molecule has 4 nitrogen and oxygen atoms in total. The number of fused-ring (bicyclic) bond motifs is 1. The normalized spacial score (nSPS) is 20.9. The lowest BCUT2D eigenvalue weighted by Crippen LogP contribution is -2.43. The average Bonchev–Trinajstić information content (AvgIpc) is 2.15. The van der Waals surface area contributed by atoms with Crippen molar-refractivity contribution in [1.82, 2.24) is 4.98 Å². The van der Waals surface area contributed by atoms with Crippen LogP contribution in [0.3, 0.4) is 0 Å². The number of rotatable bonds is 0. The maximum absolute atomic E-state index is 11.5. The van der Waals surface area contributed by atoms with Crippen molar-refractivity contribution in [3.05, 3.63) is 18.3 Å². The Labute approximate surface area is 76.6 Å². The van der Waals surface area contributed by atoms with E-state index in [2.05, 4.69) is 10.3 Å². The zero-order valence-corrected chi connectivity index (χ0v) is 7.61. The maximum Gasteiger partial charge on any atom is 0.250 e. The molecule has 1 atom stereocenters.